The molecule has 0 radical (unpaired) electrons. The SMILES string of the molecule is COC(=O)c1c(C)c(C(=O)C(C)N(CC2CCCO2)C(C)=O)c(C)n1C. The molecule has 7 heteroatoms. The standard InChI is InChI=1S/C19H28N2O5/c1-11-16(12(2)20(5)17(11)19(24)25-6)18(23)13(3)21(14(4)22)10-15-8-7-9-26-15/h13,15H,7-10H2,1-6H3. The number of esters is 1. The molecule has 0 saturated carbocycles. The predicted molar refractivity (Wildman–Crippen MR) is 96.4 cm³/mol. The van der Waals surface area contributed by atoms with Gasteiger partial charge in [0, 0.05) is 38.4 Å². The summed E-state index contributed by atoms with van der Waals surface area (Å²) in [5.41, 5.74) is 2.09. The van der Waals surface area contributed by atoms with Crippen LogP contribution < -0.4 is 0 Å². The average Bonchev–Trinajstić information content (AvgIpc) is 3.18. The molecule has 1 amide bonds. The summed E-state index contributed by atoms with van der Waals surface area (Å²) >= 11 is 0. The molecule has 1 fully saturated rings. The van der Waals surface area contributed by atoms with Gasteiger partial charge in [0.25, 0.3) is 0 Å². The third-order valence-corrected chi connectivity index (χ3v) is 5.23. The molecule has 1 aromatic rings. The van der Waals surface area contributed by atoms with Crippen molar-refractivity contribution in [3.8, 4) is 0 Å². The highest BCUT2D eigenvalue weighted by Gasteiger charge is 2.33. The minimum Gasteiger partial charge on any atom is -0.464 e. The summed E-state index contributed by atoms with van der Waals surface area (Å²) in [6.45, 7) is 7.80. The van der Waals surface area contributed by atoms with Crippen molar-refractivity contribution in [1.82, 2.24) is 9.47 Å². The zero-order chi connectivity index (χ0) is 19.6. The second kappa shape index (κ2) is 8.03. The van der Waals surface area contributed by atoms with Crippen LogP contribution in [0.1, 0.15) is 58.8 Å². The Morgan fingerprint density at radius 2 is 2.00 bits per heavy atom. The number of nitrogens with zero attached hydrogens (tertiary/aromatic N) is 2. The third-order valence-electron chi connectivity index (χ3n) is 5.23. The van der Waals surface area contributed by atoms with Crippen molar-refractivity contribution in [1.29, 1.82) is 0 Å². The number of methoxy groups -OCH3 is 1. The van der Waals surface area contributed by atoms with Gasteiger partial charge in [0.2, 0.25) is 5.91 Å². The van der Waals surface area contributed by atoms with E-state index >= 15 is 0 Å². The van der Waals surface area contributed by atoms with Crippen LogP contribution in [0.5, 0.6) is 0 Å². The summed E-state index contributed by atoms with van der Waals surface area (Å²) in [6, 6.07) is -0.637. The zero-order valence-electron chi connectivity index (χ0n) is 16.4. The zero-order valence-corrected chi connectivity index (χ0v) is 16.4. The van der Waals surface area contributed by atoms with E-state index in [9.17, 15) is 14.4 Å². The topological polar surface area (TPSA) is 77.8 Å². The van der Waals surface area contributed by atoms with Crippen LogP contribution in [0.25, 0.3) is 0 Å². The lowest BCUT2D eigenvalue weighted by atomic mass is 9.99. The Labute approximate surface area is 154 Å². The molecule has 0 N–H and O–H groups in total. The van der Waals surface area contributed by atoms with Gasteiger partial charge in [0.15, 0.2) is 5.78 Å². The van der Waals surface area contributed by atoms with Crippen molar-refractivity contribution < 1.29 is 23.9 Å². The Bertz CT molecular complexity index is 716. The van der Waals surface area contributed by atoms with Crippen LogP contribution in [0.3, 0.4) is 0 Å². The molecule has 0 aliphatic carbocycles. The Hall–Kier alpha value is -2.15. The molecule has 1 aliphatic rings. The maximum atomic E-state index is 13.2. The first-order valence-electron chi connectivity index (χ1n) is 8.87. The maximum Gasteiger partial charge on any atom is 0.354 e. The molecule has 0 spiro atoms. The summed E-state index contributed by atoms with van der Waals surface area (Å²) in [6.07, 6.45) is 1.83. The fourth-order valence-corrected chi connectivity index (χ4v) is 3.64. The molecule has 144 valence electrons. The number of ether oxygens (including phenoxy) is 2. The van der Waals surface area contributed by atoms with Gasteiger partial charge >= 0.3 is 5.97 Å². The van der Waals surface area contributed by atoms with E-state index in [2.05, 4.69) is 0 Å². The highest BCUT2D eigenvalue weighted by Crippen LogP contribution is 2.25. The van der Waals surface area contributed by atoms with Gasteiger partial charge in [-0.1, -0.05) is 0 Å². The van der Waals surface area contributed by atoms with Gasteiger partial charge in [-0.3, -0.25) is 9.59 Å². The van der Waals surface area contributed by atoms with Gasteiger partial charge in [-0.05, 0) is 39.2 Å². The Morgan fingerprint density at radius 3 is 2.50 bits per heavy atom. The van der Waals surface area contributed by atoms with Crippen LogP contribution in [0.2, 0.25) is 0 Å². The van der Waals surface area contributed by atoms with Crippen LogP contribution in [0.4, 0.5) is 0 Å². The summed E-state index contributed by atoms with van der Waals surface area (Å²) in [4.78, 5) is 38.9. The Balaban J connectivity index is 2.34. The molecule has 2 unspecified atom stereocenters. The summed E-state index contributed by atoms with van der Waals surface area (Å²) in [5.74, 6) is -0.831. The number of rotatable bonds is 6. The molecule has 1 saturated heterocycles. The number of aromatic nitrogens is 1. The molecule has 0 aromatic carbocycles. The molecule has 0 bridgehead atoms. The largest absolute Gasteiger partial charge is 0.464 e. The van der Waals surface area contributed by atoms with E-state index in [-0.39, 0.29) is 17.8 Å². The number of amides is 1. The number of ketones is 1. The Kier molecular flexibility index (Phi) is 6.23. The van der Waals surface area contributed by atoms with Gasteiger partial charge < -0.3 is 18.9 Å². The van der Waals surface area contributed by atoms with Crippen LogP contribution in [-0.2, 0) is 21.3 Å². The van der Waals surface area contributed by atoms with E-state index in [0.717, 1.165) is 12.8 Å². The number of carbonyl (C=O) groups excluding carboxylic acids is 3. The maximum absolute atomic E-state index is 13.2. The third kappa shape index (κ3) is 3.67. The molecule has 7 nitrogen and oxygen atoms in total. The highest BCUT2D eigenvalue weighted by atomic mass is 16.5. The molecule has 1 aliphatic heterocycles. The van der Waals surface area contributed by atoms with Crippen molar-refractivity contribution in [2.45, 2.75) is 52.7 Å². The molecule has 2 rings (SSSR count). The van der Waals surface area contributed by atoms with Crippen LogP contribution in [0.15, 0.2) is 0 Å². The van der Waals surface area contributed by atoms with E-state index in [4.69, 9.17) is 9.47 Å². The van der Waals surface area contributed by atoms with Crippen molar-refractivity contribution in [2.24, 2.45) is 7.05 Å². The first-order valence-corrected chi connectivity index (χ1v) is 8.87. The fourth-order valence-electron chi connectivity index (χ4n) is 3.64. The van der Waals surface area contributed by atoms with E-state index in [1.165, 1.54) is 14.0 Å². The lowest BCUT2D eigenvalue weighted by Crippen LogP contribution is -2.46. The molecule has 26 heavy (non-hydrogen) atoms. The van der Waals surface area contributed by atoms with Gasteiger partial charge in [-0.25, -0.2) is 4.79 Å². The summed E-state index contributed by atoms with van der Waals surface area (Å²) in [7, 11) is 3.04. The van der Waals surface area contributed by atoms with Crippen LogP contribution in [0, 0.1) is 13.8 Å². The number of carbonyl (C=O) groups is 3. The molecule has 2 heterocycles. The molecular weight excluding hydrogens is 336 g/mol. The lowest BCUT2D eigenvalue weighted by molar-refractivity contribution is -0.131. The minimum atomic E-state index is -0.637. The van der Waals surface area contributed by atoms with Gasteiger partial charge in [0.1, 0.15) is 5.69 Å². The second-order valence-electron chi connectivity index (χ2n) is 6.83. The Morgan fingerprint density at radius 1 is 1.35 bits per heavy atom. The smallest absolute Gasteiger partial charge is 0.354 e. The number of hydrogen-bond donors (Lipinski definition) is 0. The normalized spacial score (nSPS) is 17.8. The average molecular weight is 364 g/mol. The van der Waals surface area contributed by atoms with Crippen LogP contribution >= 0.6 is 0 Å². The molecule has 2 atom stereocenters. The molecular formula is C19H28N2O5. The van der Waals surface area contributed by atoms with E-state index in [1.54, 1.807) is 37.3 Å². The van der Waals surface area contributed by atoms with Crippen LogP contribution in [-0.4, -0.2) is 59.5 Å². The predicted octanol–water partition coefficient (Wildman–Crippen LogP) is 2.03. The molecule has 1 aromatic heterocycles. The summed E-state index contributed by atoms with van der Waals surface area (Å²) in [5, 5.41) is 0. The first-order chi connectivity index (χ1) is 12.2. The van der Waals surface area contributed by atoms with Crippen molar-refractivity contribution >= 4 is 17.7 Å². The van der Waals surface area contributed by atoms with Gasteiger partial charge in [0.05, 0.1) is 19.3 Å². The fraction of sp³-hybridized carbons (Fsp3) is 0.632. The summed E-state index contributed by atoms with van der Waals surface area (Å²) < 4.78 is 12.1. The monoisotopic (exact) mass is 364 g/mol. The van der Waals surface area contributed by atoms with Gasteiger partial charge in [-0.15, -0.1) is 0 Å². The van der Waals surface area contributed by atoms with Crippen molar-refractivity contribution in [3.63, 3.8) is 0 Å². The van der Waals surface area contributed by atoms with Crippen molar-refractivity contribution in [3.05, 3.63) is 22.5 Å². The van der Waals surface area contributed by atoms with Gasteiger partial charge in [-0.2, -0.15) is 0 Å². The highest BCUT2D eigenvalue weighted by molar-refractivity contribution is 6.06. The quantitative estimate of drug-likeness (QED) is 0.570. The van der Waals surface area contributed by atoms with E-state index in [0.29, 0.717) is 35.7 Å². The lowest BCUT2D eigenvalue weighted by Gasteiger charge is -2.29. The number of hydrogen-bond acceptors (Lipinski definition) is 5. The second-order valence-corrected chi connectivity index (χ2v) is 6.83. The van der Waals surface area contributed by atoms with Crippen molar-refractivity contribution in [2.75, 3.05) is 20.3 Å². The minimum absolute atomic E-state index is 0.0299. The first kappa shape index (κ1) is 20.2. The van der Waals surface area contributed by atoms with E-state index in [1.807, 2.05) is 0 Å². The van der Waals surface area contributed by atoms with E-state index < -0.39 is 12.0 Å². The number of Topliss-reactive ketones (excluding diaryl/α,β-unsaturated/α-hetero) is 1.